The summed E-state index contributed by atoms with van der Waals surface area (Å²) in [5, 5.41) is 0.840. The van der Waals surface area contributed by atoms with E-state index >= 15 is 0 Å². The third-order valence-electron chi connectivity index (χ3n) is 2.54. The molecule has 1 unspecified atom stereocenters. The van der Waals surface area contributed by atoms with Crippen molar-refractivity contribution in [2.75, 3.05) is 11.5 Å². The van der Waals surface area contributed by atoms with Crippen LogP contribution < -0.4 is 0 Å². The van der Waals surface area contributed by atoms with Gasteiger partial charge in [-0.25, -0.2) is 0 Å². The van der Waals surface area contributed by atoms with Crippen LogP contribution in [-0.2, 0) is 0 Å². The van der Waals surface area contributed by atoms with Gasteiger partial charge in [0, 0.05) is 5.25 Å². The molecule has 1 saturated carbocycles. The molecule has 0 saturated heterocycles. The molecule has 11 heavy (non-hydrogen) atoms. The summed E-state index contributed by atoms with van der Waals surface area (Å²) in [6, 6.07) is 0. The fourth-order valence-electron chi connectivity index (χ4n) is 0.962. The summed E-state index contributed by atoms with van der Waals surface area (Å²) in [6.45, 7) is 4.58. The largest absolute Gasteiger partial charge is 0.179 e. The molecule has 0 aromatic rings. The Morgan fingerprint density at radius 3 is 2.55 bits per heavy atom. The highest BCUT2D eigenvalue weighted by molar-refractivity contribution is 7.99. The lowest BCUT2D eigenvalue weighted by atomic mass is 10.2. The van der Waals surface area contributed by atoms with Crippen molar-refractivity contribution >= 4 is 24.4 Å². The molecule has 1 aliphatic carbocycles. The highest BCUT2D eigenvalue weighted by Crippen LogP contribution is 2.49. The smallest absolute Gasteiger partial charge is 0.00163 e. The first-order valence-corrected chi connectivity index (χ1v) is 6.13. The first-order valence-electron chi connectivity index (χ1n) is 4.45. The standard InChI is InChI=1S/C9H18S2/c1-3-8(2)11-7-9(6-10)4-5-9/h8,10H,3-7H2,1-2H3. The topological polar surface area (TPSA) is 0 Å². The van der Waals surface area contributed by atoms with Gasteiger partial charge < -0.3 is 0 Å². The quantitative estimate of drug-likeness (QED) is 0.649. The average Bonchev–Trinajstić information content (AvgIpc) is 2.81. The zero-order valence-corrected chi connectivity index (χ0v) is 9.18. The predicted molar refractivity (Wildman–Crippen MR) is 57.7 cm³/mol. The highest BCUT2D eigenvalue weighted by atomic mass is 32.2. The molecule has 1 aliphatic rings. The van der Waals surface area contributed by atoms with E-state index in [1.165, 1.54) is 25.0 Å². The second kappa shape index (κ2) is 4.08. The predicted octanol–water partition coefficient (Wildman–Crippen LogP) is 3.23. The highest BCUT2D eigenvalue weighted by Gasteiger charge is 2.40. The molecule has 0 spiro atoms. The molecular formula is C9H18S2. The monoisotopic (exact) mass is 190 g/mol. The third kappa shape index (κ3) is 2.90. The van der Waals surface area contributed by atoms with Gasteiger partial charge in [-0.2, -0.15) is 24.4 Å². The molecule has 1 rings (SSSR count). The van der Waals surface area contributed by atoms with Crippen molar-refractivity contribution in [3.05, 3.63) is 0 Å². The molecule has 0 nitrogen and oxygen atoms in total. The van der Waals surface area contributed by atoms with E-state index in [2.05, 4.69) is 38.2 Å². The summed E-state index contributed by atoms with van der Waals surface area (Å²) in [4.78, 5) is 0. The summed E-state index contributed by atoms with van der Waals surface area (Å²) in [5.41, 5.74) is 0.650. The van der Waals surface area contributed by atoms with Gasteiger partial charge in [0.15, 0.2) is 0 Å². The minimum atomic E-state index is 0.650. The fourth-order valence-corrected chi connectivity index (χ4v) is 2.81. The van der Waals surface area contributed by atoms with E-state index in [1.807, 2.05) is 0 Å². The summed E-state index contributed by atoms with van der Waals surface area (Å²) in [5.74, 6) is 2.43. The zero-order chi connectivity index (χ0) is 8.32. The van der Waals surface area contributed by atoms with Crippen LogP contribution in [0.15, 0.2) is 0 Å². The van der Waals surface area contributed by atoms with Crippen molar-refractivity contribution in [2.24, 2.45) is 5.41 Å². The van der Waals surface area contributed by atoms with E-state index in [0.717, 1.165) is 11.0 Å². The maximum Gasteiger partial charge on any atom is 0.00163 e. The van der Waals surface area contributed by atoms with Crippen molar-refractivity contribution in [3.63, 3.8) is 0 Å². The second-order valence-electron chi connectivity index (χ2n) is 3.69. The molecule has 0 radical (unpaired) electrons. The molecule has 0 amide bonds. The van der Waals surface area contributed by atoms with Crippen molar-refractivity contribution in [1.82, 2.24) is 0 Å². The van der Waals surface area contributed by atoms with Crippen molar-refractivity contribution in [3.8, 4) is 0 Å². The maximum atomic E-state index is 4.38. The molecule has 0 aromatic carbocycles. The molecule has 1 fully saturated rings. The minimum Gasteiger partial charge on any atom is -0.179 e. The summed E-state index contributed by atoms with van der Waals surface area (Å²) >= 11 is 6.50. The summed E-state index contributed by atoms with van der Waals surface area (Å²) in [6.07, 6.45) is 4.13. The van der Waals surface area contributed by atoms with E-state index < -0.39 is 0 Å². The van der Waals surface area contributed by atoms with E-state index in [1.54, 1.807) is 0 Å². The Kier molecular flexibility index (Phi) is 3.63. The lowest BCUT2D eigenvalue weighted by Gasteiger charge is -2.14. The first kappa shape index (κ1) is 9.79. The Balaban J connectivity index is 2.11. The van der Waals surface area contributed by atoms with E-state index in [4.69, 9.17) is 0 Å². The second-order valence-corrected chi connectivity index (χ2v) is 5.43. The van der Waals surface area contributed by atoms with Crippen LogP contribution in [0.1, 0.15) is 33.1 Å². The Hall–Kier alpha value is 0.700. The normalized spacial score (nSPS) is 23.2. The van der Waals surface area contributed by atoms with Gasteiger partial charge in [-0.15, -0.1) is 0 Å². The van der Waals surface area contributed by atoms with E-state index in [9.17, 15) is 0 Å². The Morgan fingerprint density at radius 2 is 2.18 bits per heavy atom. The van der Waals surface area contributed by atoms with Crippen LogP contribution in [0.2, 0.25) is 0 Å². The number of thiol groups is 1. The average molecular weight is 190 g/mol. The molecule has 66 valence electrons. The number of rotatable bonds is 5. The van der Waals surface area contributed by atoms with Crippen LogP contribution in [0, 0.1) is 5.41 Å². The first-order chi connectivity index (χ1) is 5.22. The summed E-state index contributed by atoms with van der Waals surface area (Å²) in [7, 11) is 0. The molecule has 1 atom stereocenters. The van der Waals surface area contributed by atoms with E-state index in [0.29, 0.717) is 5.41 Å². The van der Waals surface area contributed by atoms with Crippen molar-refractivity contribution in [1.29, 1.82) is 0 Å². The van der Waals surface area contributed by atoms with Gasteiger partial charge in [-0.05, 0) is 36.2 Å². The van der Waals surface area contributed by atoms with E-state index in [-0.39, 0.29) is 0 Å². The number of hydrogen-bond donors (Lipinski definition) is 1. The Morgan fingerprint density at radius 1 is 1.55 bits per heavy atom. The molecule has 0 heterocycles. The van der Waals surface area contributed by atoms with Gasteiger partial charge in [-0.1, -0.05) is 13.8 Å². The van der Waals surface area contributed by atoms with Gasteiger partial charge in [-0.3, -0.25) is 0 Å². The molecule has 0 aromatic heterocycles. The third-order valence-corrected chi connectivity index (χ3v) is 4.89. The number of thioether (sulfide) groups is 1. The zero-order valence-electron chi connectivity index (χ0n) is 7.47. The Bertz CT molecular complexity index is 119. The van der Waals surface area contributed by atoms with Gasteiger partial charge in [0.1, 0.15) is 0 Å². The molecule has 0 aliphatic heterocycles. The molecule has 0 bridgehead atoms. The maximum absolute atomic E-state index is 4.38. The van der Waals surface area contributed by atoms with Crippen LogP contribution in [0.3, 0.4) is 0 Å². The van der Waals surface area contributed by atoms with Crippen LogP contribution >= 0.6 is 24.4 Å². The van der Waals surface area contributed by atoms with Crippen LogP contribution in [0.25, 0.3) is 0 Å². The molecule has 0 N–H and O–H groups in total. The van der Waals surface area contributed by atoms with Crippen LogP contribution in [-0.4, -0.2) is 16.8 Å². The van der Waals surface area contributed by atoms with Crippen molar-refractivity contribution < 1.29 is 0 Å². The van der Waals surface area contributed by atoms with Crippen molar-refractivity contribution in [2.45, 2.75) is 38.4 Å². The lowest BCUT2D eigenvalue weighted by molar-refractivity contribution is 0.680. The molecule has 2 heteroatoms. The minimum absolute atomic E-state index is 0.650. The SMILES string of the molecule is CCC(C)SCC1(CS)CC1. The van der Waals surface area contributed by atoms with Crippen LogP contribution in [0.5, 0.6) is 0 Å². The van der Waals surface area contributed by atoms with Crippen LogP contribution in [0.4, 0.5) is 0 Å². The van der Waals surface area contributed by atoms with Gasteiger partial charge in [0.25, 0.3) is 0 Å². The van der Waals surface area contributed by atoms with Gasteiger partial charge in [0.05, 0.1) is 0 Å². The lowest BCUT2D eigenvalue weighted by Crippen LogP contribution is -2.08. The van der Waals surface area contributed by atoms with Gasteiger partial charge >= 0.3 is 0 Å². The number of hydrogen-bond acceptors (Lipinski definition) is 2. The summed E-state index contributed by atoms with van der Waals surface area (Å²) < 4.78 is 0. The Labute approximate surface area is 79.9 Å². The fraction of sp³-hybridized carbons (Fsp3) is 1.00. The van der Waals surface area contributed by atoms with Gasteiger partial charge in [0.2, 0.25) is 0 Å². The molecular weight excluding hydrogens is 172 g/mol.